The lowest BCUT2D eigenvalue weighted by molar-refractivity contribution is 0.266. The van der Waals surface area contributed by atoms with E-state index >= 15 is 0 Å². The molecular formula is C17H28BrClOSi. The molecule has 1 nitrogen and oxygen atoms in total. The lowest BCUT2D eigenvalue weighted by Crippen LogP contribution is -2.47. The quantitative estimate of drug-likeness (QED) is 0.470. The number of halogens is 2. The Kier molecular flexibility index (Phi) is 6.98. The summed E-state index contributed by atoms with van der Waals surface area (Å²) in [4.78, 5) is 0. The van der Waals surface area contributed by atoms with Gasteiger partial charge in [-0.1, -0.05) is 69.1 Å². The Morgan fingerprint density at radius 1 is 1.05 bits per heavy atom. The minimum Gasteiger partial charge on any atom is -0.412 e. The summed E-state index contributed by atoms with van der Waals surface area (Å²) < 4.78 is 7.70. The van der Waals surface area contributed by atoms with Gasteiger partial charge in [0.25, 0.3) is 0 Å². The first-order chi connectivity index (χ1) is 9.62. The third-order valence-corrected chi connectivity index (χ3v) is 11.8. The van der Waals surface area contributed by atoms with E-state index in [-0.39, 0.29) is 0 Å². The molecule has 1 aromatic rings. The smallest absolute Gasteiger partial charge is 0.200 e. The van der Waals surface area contributed by atoms with Gasteiger partial charge in [0, 0.05) is 9.50 Å². The van der Waals surface area contributed by atoms with Gasteiger partial charge in [0.05, 0.1) is 6.61 Å². The summed E-state index contributed by atoms with van der Waals surface area (Å²) in [5.74, 6) is 0. The third kappa shape index (κ3) is 4.13. The van der Waals surface area contributed by atoms with Gasteiger partial charge in [-0.15, -0.1) is 0 Å². The zero-order chi connectivity index (χ0) is 16.4. The molecule has 0 atom stereocenters. The fraction of sp³-hybridized carbons (Fsp3) is 0.647. The Labute approximate surface area is 144 Å². The summed E-state index contributed by atoms with van der Waals surface area (Å²) in [6.45, 7) is 16.5. The highest BCUT2D eigenvalue weighted by Gasteiger charge is 2.45. The molecule has 0 fully saturated rings. The van der Waals surface area contributed by atoms with Gasteiger partial charge in [0.1, 0.15) is 0 Å². The van der Waals surface area contributed by atoms with Crippen molar-refractivity contribution in [2.24, 2.45) is 0 Å². The van der Waals surface area contributed by atoms with Gasteiger partial charge in [-0.25, -0.2) is 0 Å². The minimum absolute atomic E-state index is 0.588. The molecule has 120 valence electrons. The Morgan fingerprint density at radius 2 is 1.52 bits per heavy atom. The topological polar surface area (TPSA) is 9.23 Å². The van der Waals surface area contributed by atoms with Crippen LogP contribution in [-0.2, 0) is 11.0 Å². The highest BCUT2D eigenvalue weighted by atomic mass is 79.9. The van der Waals surface area contributed by atoms with Crippen LogP contribution in [0.5, 0.6) is 0 Å². The van der Waals surface area contributed by atoms with Crippen LogP contribution in [0.3, 0.4) is 0 Å². The molecule has 4 heteroatoms. The van der Waals surface area contributed by atoms with E-state index in [1.54, 1.807) is 0 Å². The second-order valence-electron chi connectivity index (χ2n) is 6.80. The number of hydrogen-bond donors (Lipinski definition) is 0. The largest absolute Gasteiger partial charge is 0.412 e. The zero-order valence-corrected chi connectivity index (χ0v) is 17.6. The summed E-state index contributed by atoms with van der Waals surface area (Å²) >= 11 is 9.97. The van der Waals surface area contributed by atoms with E-state index in [4.69, 9.17) is 16.0 Å². The molecule has 0 spiro atoms. The van der Waals surface area contributed by atoms with Crippen LogP contribution in [0, 0.1) is 6.92 Å². The maximum Gasteiger partial charge on any atom is 0.200 e. The third-order valence-electron chi connectivity index (χ3n) is 4.51. The molecule has 0 N–H and O–H groups in total. The predicted octanol–water partition coefficient (Wildman–Crippen LogP) is 7.10. The monoisotopic (exact) mass is 390 g/mol. The standard InChI is InChI=1S/C17H28BrClOSi/c1-11(2)21(12(3)4,13(5)6)20-10-15-9-16(18)14(7)8-17(15)19/h8-9,11-13H,10H2,1-7H3. The van der Waals surface area contributed by atoms with Crippen molar-refractivity contribution < 1.29 is 4.43 Å². The molecule has 0 aliphatic carbocycles. The second kappa shape index (κ2) is 7.63. The summed E-state index contributed by atoms with van der Waals surface area (Å²) in [6, 6.07) is 4.10. The van der Waals surface area contributed by atoms with E-state index in [1.807, 2.05) is 6.07 Å². The Bertz CT molecular complexity index is 464. The van der Waals surface area contributed by atoms with Crippen molar-refractivity contribution in [2.75, 3.05) is 0 Å². The van der Waals surface area contributed by atoms with Crippen LogP contribution in [0.1, 0.15) is 52.7 Å². The molecule has 0 heterocycles. The van der Waals surface area contributed by atoms with Crippen LogP contribution in [0.4, 0.5) is 0 Å². The molecular weight excluding hydrogens is 364 g/mol. The fourth-order valence-electron chi connectivity index (χ4n) is 3.50. The lowest BCUT2D eigenvalue weighted by atomic mass is 10.2. The Morgan fingerprint density at radius 3 is 1.95 bits per heavy atom. The normalized spacial score (nSPS) is 12.8. The molecule has 21 heavy (non-hydrogen) atoms. The molecule has 0 aliphatic rings. The second-order valence-corrected chi connectivity index (χ2v) is 13.5. The van der Waals surface area contributed by atoms with Gasteiger partial charge in [-0.05, 0) is 46.8 Å². The average molecular weight is 392 g/mol. The highest BCUT2D eigenvalue weighted by molar-refractivity contribution is 9.10. The zero-order valence-electron chi connectivity index (χ0n) is 14.3. The van der Waals surface area contributed by atoms with Crippen LogP contribution < -0.4 is 0 Å². The number of hydrogen-bond acceptors (Lipinski definition) is 1. The molecule has 0 aliphatic heterocycles. The van der Waals surface area contributed by atoms with Crippen molar-refractivity contribution in [3.05, 3.63) is 32.8 Å². The molecule has 0 saturated heterocycles. The number of rotatable bonds is 6. The molecule has 1 aromatic carbocycles. The molecule has 0 radical (unpaired) electrons. The van der Waals surface area contributed by atoms with E-state index in [1.165, 1.54) is 0 Å². The van der Waals surface area contributed by atoms with Crippen LogP contribution in [0.15, 0.2) is 16.6 Å². The Hall–Kier alpha value is 0.167. The number of aryl methyl sites for hydroxylation is 1. The van der Waals surface area contributed by atoms with Gasteiger partial charge in [-0.2, -0.15) is 0 Å². The van der Waals surface area contributed by atoms with Gasteiger partial charge >= 0.3 is 0 Å². The maximum absolute atomic E-state index is 6.61. The van der Waals surface area contributed by atoms with Crippen LogP contribution >= 0.6 is 27.5 Å². The lowest BCUT2D eigenvalue weighted by Gasteiger charge is -2.42. The molecule has 0 saturated carbocycles. The van der Waals surface area contributed by atoms with Crippen LogP contribution in [0.25, 0.3) is 0 Å². The molecule has 0 amide bonds. The van der Waals surface area contributed by atoms with E-state index in [0.29, 0.717) is 23.2 Å². The van der Waals surface area contributed by atoms with E-state index in [2.05, 4.69) is 70.5 Å². The SMILES string of the molecule is Cc1cc(Cl)c(CO[Si](C(C)C)(C(C)C)C(C)C)cc1Br. The van der Waals surface area contributed by atoms with Gasteiger partial charge in [-0.3, -0.25) is 0 Å². The minimum atomic E-state index is -1.84. The van der Waals surface area contributed by atoms with Gasteiger partial charge in [0.2, 0.25) is 8.32 Å². The molecule has 1 rings (SSSR count). The molecule has 0 bridgehead atoms. The van der Waals surface area contributed by atoms with Gasteiger partial charge < -0.3 is 4.43 Å². The first-order valence-corrected chi connectivity index (χ1v) is 11.0. The van der Waals surface area contributed by atoms with E-state index < -0.39 is 8.32 Å². The summed E-state index contributed by atoms with van der Waals surface area (Å²) in [7, 11) is -1.84. The first kappa shape index (κ1) is 19.2. The summed E-state index contributed by atoms with van der Waals surface area (Å²) in [5.41, 5.74) is 4.00. The predicted molar refractivity (Wildman–Crippen MR) is 99.7 cm³/mol. The van der Waals surface area contributed by atoms with Crippen LogP contribution in [0.2, 0.25) is 21.6 Å². The summed E-state index contributed by atoms with van der Waals surface area (Å²) in [5, 5.41) is 0.801. The Balaban J connectivity index is 3.05. The van der Waals surface area contributed by atoms with Crippen molar-refractivity contribution in [2.45, 2.75) is 71.7 Å². The van der Waals surface area contributed by atoms with E-state index in [0.717, 1.165) is 20.6 Å². The van der Waals surface area contributed by atoms with Crippen LogP contribution in [-0.4, -0.2) is 8.32 Å². The first-order valence-electron chi connectivity index (χ1n) is 7.71. The number of benzene rings is 1. The fourth-order valence-corrected chi connectivity index (χ4v) is 9.57. The van der Waals surface area contributed by atoms with Crippen molar-refractivity contribution in [3.63, 3.8) is 0 Å². The average Bonchev–Trinajstić information content (AvgIpc) is 2.34. The van der Waals surface area contributed by atoms with Crippen molar-refractivity contribution in [1.29, 1.82) is 0 Å². The highest BCUT2D eigenvalue weighted by Crippen LogP contribution is 2.43. The van der Waals surface area contributed by atoms with Crippen molar-refractivity contribution in [1.82, 2.24) is 0 Å². The molecule has 0 unspecified atom stereocenters. The summed E-state index contributed by atoms with van der Waals surface area (Å²) in [6.07, 6.45) is 0. The van der Waals surface area contributed by atoms with Crippen molar-refractivity contribution in [3.8, 4) is 0 Å². The van der Waals surface area contributed by atoms with Crippen molar-refractivity contribution >= 4 is 35.8 Å². The maximum atomic E-state index is 6.61. The van der Waals surface area contributed by atoms with E-state index in [9.17, 15) is 0 Å². The molecule has 0 aromatic heterocycles. The van der Waals surface area contributed by atoms with Gasteiger partial charge in [0.15, 0.2) is 0 Å².